The molecule has 0 amide bonds. The predicted molar refractivity (Wildman–Crippen MR) is 198 cm³/mol. The van der Waals surface area contributed by atoms with Crippen molar-refractivity contribution in [2.75, 3.05) is 0 Å². The number of rotatable bonds is 3. The van der Waals surface area contributed by atoms with Gasteiger partial charge < -0.3 is 0 Å². The van der Waals surface area contributed by atoms with Crippen LogP contribution in [0.25, 0.3) is 55.3 Å². The smallest absolute Gasteiger partial charge is 0.0205 e. The van der Waals surface area contributed by atoms with Gasteiger partial charge in [-0.3, -0.25) is 0 Å². The molecule has 0 radical (unpaired) electrons. The van der Waals surface area contributed by atoms with Gasteiger partial charge in [0.1, 0.15) is 0 Å². The average molecular weight is 599 g/mol. The van der Waals surface area contributed by atoms with Gasteiger partial charge in [0.05, 0.1) is 0 Å². The second-order valence-corrected chi connectivity index (χ2v) is 14.0. The van der Waals surface area contributed by atoms with E-state index in [0.717, 1.165) is 0 Å². The van der Waals surface area contributed by atoms with Gasteiger partial charge in [-0.2, -0.15) is 0 Å². The molecule has 0 heteroatoms. The van der Waals surface area contributed by atoms with E-state index in [4.69, 9.17) is 0 Å². The Labute approximate surface area is 276 Å². The van der Waals surface area contributed by atoms with Gasteiger partial charge in [0.25, 0.3) is 0 Å². The van der Waals surface area contributed by atoms with Crippen LogP contribution in [0.1, 0.15) is 47.6 Å². The van der Waals surface area contributed by atoms with Crippen molar-refractivity contribution in [1.29, 1.82) is 0 Å². The summed E-state index contributed by atoms with van der Waals surface area (Å²) in [6.45, 7) is 4.77. The van der Waals surface area contributed by atoms with Crippen LogP contribution >= 0.6 is 0 Å². The zero-order valence-electron chi connectivity index (χ0n) is 26.7. The van der Waals surface area contributed by atoms with E-state index in [9.17, 15) is 0 Å². The highest BCUT2D eigenvalue weighted by Gasteiger charge is 2.40. The van der Waals surface area contributed by atoms with Gasteiger partial charge in [0.15, 0.2) is 0 Å². The third-order valence-electron chi connectivity index (χ3n) is 11.3. The van der Waals surface area contributed by atoms with E-state index in [-0.39, 0.29) is 5.41 Å². The first-order valence-corrected chi connectivity index (χ1v) is 16.9. The monoisotopic (exact) mass is 598 g/mol. The lowest BCUT2D eigenvalue weighted by Gasteiger charge is -2.29. The molecule has 0 nitrogen and oxygen atoms in total. The SMILES string of the molecule is CC1(C)c2cc(-c3ccccc3)ccc2-c2ccc(-c3ccc(C4=C5C=CC=C6c7ccccc7C(C=C4)C65)c4ccccc34)cc21. The minimum Gasteiger partial charge on any atom is -0.0754 e. The van der Waals surface area contributed by atoms with Gasteiger partial charge in [-0.05, 0) is 101 Å². The van der Waals surface area contributed by atoms with Crippen LogP contribution < -0.4 is 0 Å². The normalized spacial score (nSPS) is 19.3. The molecular weight excluding hydrogens is 565 g/mol. The molecule has 0 N–H and O–H groups in total. The van der Waals surface area contributed by atoms with Crippen LogP contribution in [0.15, 0.2) is 163 Å². The molecule has 222 valence electrons. The summed E-state index contributed by atoms with van der Waals surface area (Å²) in [6, 6.07) is 47.6. The van der Waals surface area contributed by atoms with Crippen molar-refractivity contribution in [3.05, 3.63) is 191 Å². The summed E-state index contributed by atoms with van der Waals surface area (Å²) in [6.07, 6.45) is 11.8. The van der Waals surface area contributed by atoms with E-state index < -0.39 is 0 Å². The van der Waals surface area contributed by atoms with Crippen molar-refractivity contribution < 1.29 is 0 Å². The summed E-state index contributed by atoms with van der Waals surface area (Å²) in [7, 11) is 0. The maximum atomic E-state index is 2.46. The number of fused-ring (bicyclic) bond motifs is 7. The van der Waals surface area contributed by atoms with Crippen LogP contribution in [-0.2, 0) is 5.41 Å². The predicted octanol–water partition coefficient (Wildman–Crippen LogP) is 12.2. The first kappa shape index (κ1) is 26.7. The largest absolute Gasteiger partial charge is 0.0754 e. The van der Waals surface area contributed by atoms with E-state index in [0.29, 0.717) is 11.8 Å². The zero-order chi connectivity index (χ0) is 31.3. The minimum absolute atomic E-state index is 0.0888. The molecule has 0 saturated carbocycles. The number of hydrogen-bond donors (Lipinski definition) is 0. The Morgan fingerprint density at radius 1 is 0.511 bits per heavy atom. The van der Waals surface area contributed by atoms with Crippen molar-refractivity contribution in [3.8, 4) is 33.4 Å². The van der Waals surface area contributed by atoms with Crippen LogP contribution in [0.4, 0.5) is 0 Å². The fraction of sp³-hybridized carbons (Fsp3) is 0.106. The van der Waals surface area contributed by atoms with Crippen molar-refractivity contribution in [1.82, 2.24) is 0 Å². The second-order valence-electron chi connectivity index (χ2n) is 14.0. The van der Waals surface area contributed by atoms with Crippen LogP contribution in [0.3, 0.4) is 0 Å². The highest BCUT2D eigenvalue weighted by Crippen LogP contribution is 2.56. The van der Waals surface area contributed by atoms with Gasteiger partial charge >= 0.3 is 0 Å². The molecule has 4 aliphatic carbocycles. The van der Waals surface area contributed by atoms with Gasteiger partial charge in [0, 0.05) is 17.3 Å². The van der Waals surface area contributed by atoms with Crippen molar-refractivity contribution in [3.63, 3.8) is 0 Å². The molecule has 6 aromatic rings. The Balaban J connectivity index is 1.08. The molecule has 0 aliphatic heterocycles. The van der Waals surface area contributed by atoms with Gasteiger partial charge in [-0.15, -0.1) is 0 Å². The van der Waals surface area contributed by atoms with E-state index in [1.807, 2.05) is 0 Å². The number of benzene rings is 6. The fourth-order valence-corrected chi connectivity index (χ4v) is 9.02. The highest BCUT2D eigenvalue weighted by atomic mass is 14.4. The van der Waals surface area contributed by atoms with Crippen molar-refractivity contribution >= 4 is 21.9 Å². The summed E-state index contributed by atoms with van der Waals surface area (Å²) in [4.78, 5) is 0. The lowest BCUT2D eigenvalue weighted by molar-refractivity contribution is 0.661. The summed E-state index contributed by atoms with van der Waals surface area (Å²) in [5, 5.41) is 2.62. The van der Waals surface area contributed by atoms with Crippen molar-refractivity contribution in [2.24, 2.45) is 5.92 Å². The zero-order valence-corrected chi connectivity index (χ0v) is 26.7. The van der Waals surface area contributed by atoms with Crippen molar-refractivity contribution in [2.45, 2.75) is 25.2 Å². The average Bonchev–Trinajstić information content (AvgIpc) is 3.57. The molecule has 10 rings (SSSR count). The molecule has 2 atom stereocenters. The Kier molecular flexibility index (Phi) is 5.56. The fourth-order valence-electron chi connectivity index (χ4n) is 9.02. The van der Waals surface area contributed by atoms with E-state index in [1.165, 1.54) is 88.7 Å². The third-order valence-corrected chi connectivity index (χ3v) is 11.3. The number of hydrogen-bond acceptors (Lipinski definition) is 0. The Bertz CT molecular complexity index is 2420. The molecule has 0 aromatic heterocycles. The van der Waals surface area contributed by atoms with E-state index >= 15 is 0 Å². The maximum absolute atomic E-state index is 2.46. The van der Waals surface area contributed by atoms with Gasteiger partial charge in [0.2, 0.25) is 0 Å². The van der Waals surface area contributed by atoms with E-state index in [2.05, 4.69) is 172 Å². The van der Waals surface area contributed by atoms with Crippen LogP contribution in [-0.4, -0.2) is 0 Å². The van der Waals surface area contributed by atoms with E-state index in [1.54, 1.807) is 0 Å². The molecule has 2 unspecified atom stereocenters. The Morgan fingerprint density at radius 3 is 1.96 bits per heavy atom. The second kappa shape index (κ2) is 9.77. The molecule has 0 heterocycles. The maximum Gasteiger partial charge on any atom is 0.0205 e. The Hall–Kier alpha value is -5.46. The summed E-state index contributed by atoms with van der Waals surface area (Å²) in [5.41, 5.74) is 19.0. The number of allylic oxidation sites excluding steroid dienone is 8. The van der Waals surface area contributed by atoms with Crippen LogP contribution in [0.2, 0.25) is 0 Å². The Morgan fingerprint density at radius 2 is 1.15 bits per heavy atom. The molecule has 4 aliphatic rings. The first-order chi connectivity index (χ1) is 23.1. The molecule has 47 heavy (non-hydrogen) atoms. The lowest BCUT2D eigenvalue weighted by Crippen LogP contribution is -2.15. The summed E-state index contributed by atoms with van der Waals surface area (Å²) >= 11 is 0. The highest BCUT2D eigenvalue weighted by molar-refractivity contribution is 6.06. The van der Waals surface area contributed by atoms with Crippen LogP contribution in [0, 0.1) is 5.92 Å². The molecule has 0 bridgehead atoms. The molecule has 0 saturated heterocycles. The topological polar surface area (TPSA) is 0 Å². The summed E-state index contributed by atoms with van der Waals surface area (Å²) in [5.74, 6) is 0.799. The lowest BCUT2D eigenvalue weighted by atomic mass is 9.74. The van der Waals surface area contributed by atoms with Gasteiger partial charge in [-0.25, -0.2) is 0 Å². The minimum atomic E-state index is -0.0888. The molecule has 6 aromatic carbocycles. The van der Waals surface area contributed by atoms with Crippen LogP contribution in [0.5, 0.6) is 0 Å². The standard InChI is InChI=1S/C47H34/c1-47(2)44-27-30(29-11-4-3-5-12-29)19-21-39(44)40-22-20-31(28-45(40)47)32-23-24-37(34-14-7-6-13-33(32)34)38-25-26-43-36-16-9-8-15-35(36)41-17-10-18-42(38)46(41)43/h3-28,43,46H,1-2H3. The van der Waals surface area contributed by atoms with Gasteiger partial charge in [-0.1, -0.05) is 159 Å². The molecule has 0 spiro atoms. The molecule has 0 fully saturated rings. The summed E-state index contributed by atoms with van der Waals surface area (Å²) < 4.78 is 0. The molecular formula is C47H34. The third kappa shape index (κ3) is 3.76. The first-order valence-electron chi connectivity index (χ1n) is 16.9. The quantitative estimate of drug-likeness (QED) is 0.190.